The lowest BCUT2D eigenvalue weighted by molar-refractivity contribution is 0.0967. The average molecular weight is 1200 g/mol. The van der Waals surface area contributed by atoms with Gasteiger partial charge in [-0.25, -0.2) is 0 Å². The number of ether oxygens (including phenoxy) is 6. The predicted octanol–water partition coefficient (Wildman–Crippen LogP) is 17.3. The topological polar surface area (TPSA) is 162 Å². The van der Waals surface area contributed by atoms with Crippen molar-refractivity contribution in [1.29, 1.82) is 0 Å². The molecule has 6 N–H and O–H groups in total. The largest absolute Gasteiger partial charge is 0.490 e. The van der Waals surface area contributed by atoms with Crippen molar-refractivity contribution in [1.82, 2.24) is 32.3 Å². The van der Waals surface area contributed by atoms with E-state index in [4.69, 9.17) is 65.1 Å². The van der Waals surface area contributed by atoms with Crippen LogP contribution in [-0.4, -0.2) is 66.8 Å². The number of unbranched alkanes of at least 4 members (excludes halogenated alkanes) is 30. The Kier molecular flexibility index (Phi) is 46.0. The van der Waals surface area contributed by atoms with E-state index >= 15 is 0 Å². The second-order valence-corrected chi connectivity index (χ2v) is 22.9. The Bertz CT molecular complexity index is 1800. The summed E-state index contributed by atoms with van der Waals surface area (Å²) in [6.07, 6.45) is 40.6. The molecule has 0 radical (unpaired) electrons. The Morgan fingerprint density at radius 1 is 0.293 bits per heavy atom. The highest BCUT2D eigenvalue weighted by Crippen LogP contribution is 2.41. The number of thiocarbonyl (C=S) groups is 3. The lowest BCUT2D eigenvalue weighted by Gasteiger charge is -2.19. The van der Waals surface area contributed by atoms with E-state index < -0.39 is 11.8 Å². The number of nitrogens with one attached hydrogen (secondary N) is 6. The molecule has 468 valence electrons. The van der Waals surface area contributed by atoms with E-state index in [-0.39, 0.29) is 15.3 Å². The van der Waals surface area contributed by atoms with E-state index in [9.17, 15) is 9.59 Å². The summed E-state index contributed by atoms with van der Waals surface area (Å²) in [6.45, 7) is 16.3. The Morgan fingerprint density at radius 3 is 0.720 bits per heavy atom. The van der Waals surface area contributed by atoms with Gasteiger partial charge in [-0.15, -0.1) is 0 Å². The van der Waals surface area contributed by atoms with Gasteiger partial charge in [0.2, 0.25) is 16.6 Å². The maximum absolute atomic E-state index is 13.9. The quantitative estimate of drug-likeness (QED) is 0.0211. The van der Waals surface area contributed by atoms with Gasteiger partial charge >= 0.3 is 0 Å². The number of carbonyl (C=O) groups excluding carboxylic acids is 2. The molecule has 2 aromatic carbocycles. The number of hydrazine groups is 2. The van der Waals surface area contributed by atoms with Crippen LogP contribution >= 0.6 is 36.7 Å². The van der Waals surface area contributed by atoms with Crippen LogP contribution in [0, 0.1) is 0 Å². The molecule has 2 amide bonds. The van der Waals surface area contributed by atoms with Gasteiger partial charge in [0.1, 0.15) is 0 Å². The number of rotatable bonds is 50. The summed E-state index contributed by atoms with van der Waals surface area (Å²) >= 11 is 16.5. The summed E-state index contributed by atoms with van der Waals surface area (Å²) in [7, 11) is 0. The highest BCUT2D eigenvalue weighted by atomic mass is 32.1. The smallest absolute Gasteiger partial charge is 0.257 e. The molecule has 0 aromatic heterocycles. The van der Waals surface area contributed by atoms with Gasteiger partial charge in [-0.1, -0.05) is 234 Å². The number of hydrogen-bond donors (Lipinski definition) is 6. The molecule has 0 fully saturated rings. The first kappa shape index (κ1) is 73.8. The molecule has 0 saturated carbocycles. The van der Waals surface area contributed by atoms with Gasteiger partial charge in [0.25, 0.3) is 11.8 Å². The van der Waals surface area contributed by atoms with Crippen molar-refractivity contribution in [3.63, 3.8) is 0 Å². The Balaban J connectivity index is 2.19. The molecule has 0 saturated heterocycles. The third kappa shape index (κ3) is 36.4. The first-order valence-corrected chi connectivity index (χ1v) is 33.8. The van der Waals surface area contributed by atoms with Crippen molar-refractivity contribution in [3.05, 3.63) is 35.4 Å². The fourth-order valence-corrected chi connectivity index (χ4v) is 9.56. The molecule has 0 spiro atoms. The van der Waals surface area contributed by atoms with Crippen LogP contribution in [0.25, 0.3) is 0 Å². The number of hydrogen-bond acceptors (Lipinski definition) is 11. The van der Waals surface area contributed by atoms with Crippen molar-refractivity contribution in [2.45, 2.75) is 273 Å². The van der Waals surface area contributed by atoms with E-state index in [1.54, 1.807) is 24.3 Å². The summed E-state index contributed by atoms with van der Waals surface area (Å²) < 4.78 is 38.5. The summed E-state index contributed by atoms with van der Waals surface area (Å²) in [5.41, 5.74) is 11.6. The van der Waals surface area contributed by atoms with Crippen molar-refractivity contribution in [2.24, 2.45) is 0 Å². The van der Waals surface area contributed by atoms with E-state index in [0.29, 0.717) is 85.3 Å². The first-order chi connectivity index (χ1) is 40.1. The molecular weight excluding hydrogens is 1090 g/mol. The zero-order valence-corrected chi connectivity index (χ0v) is 54.4. The minimum atomic E-state index is -0.471. The van der Waals surface area contributed by atoms with Crippen LogP contribution in [0.3, 0.4) is 0 Å². The zero-order valence-electron chi connectivity index (χ0n) is 52.0. The molecule has 2 rings (SSSR count). The van der Waals surface area contributed by atoms with Crippen molar-refractivity contribution in [2.75, 3.05) is 39.6 Å². The van der Waals surface area contributed by atoms with Gasteiger partial charge in [-0.05, 0) is 99.4 Å². The van der Waals surface area contributed by atoms with Gasteiger partial charge in [0, 0.05) is 11.1 Å². The van der Waals surface area contributed by atoms with E-state index in [2.05, 4.69) is 73.9 Å². The zero-order chi connectivity index (χ0) is 59.5. The van der Waals surface area contributed by atoms with E-state index in [0.717, 1.165) is 103 Å². The van der Waals surface area contributed by atoms with Crippen LogP contribution in [0.4, 0.5) is 0 Å². The highest BCUT2D eigenvalue weighted by molar-refractivity contribution is 7.81. The number of benzene rings is 2. The molecule has 0 atom stereocenters. The maximum Gasteiger partial charge on any atom is 0.257 e. The van der Waals surface area contributed by atoms with Crippen LogP contribution < -0.4 is 60.8 Å². The molecule has 0 aliphatic carbocycles. The van der Waals surface area contributed by atoms with Crippen LogP contribution in [-0.2, 0) is 0 Å². The molecule has 14 nitrogen and oxygen atoms in total. The van der Waals surface area contributed by atoms with Gasteiger partial charge < -0.3 is 28.4 Å². The molecule has 2 aromatic rings. The molecule has 0 aliphatic rings. The second-order valence-electron chi connectivity index (χ2n) is 21.7. The van der Waals surface area contributed by atoms with E-state index in [1.807, 2.05) is 0 Å². The first-order valence-electron chi connectivity index (χ1n) is 32.5. The standard InChI is InChI=1S/C65H112N6O8S3/c1-7-13-19-25-31-37-43-74-55-49-53(50-56(75-44-38-32-26-20-14-8-2)59(55)78-47-41-35-29-23-17-11-5)61(72)66-63(80)68-70-65(82)71-69-64(81)67-62(73)54-51-57(76-45-39-33-27-21-15-9-3)60(79-48-42-36-30-24-18-12-6)58(52-54)77-46-40-34-28-22-16-10-4/h49-52H,7-48H2,1-6H3,(H2,70,71,82)(H2,66,68,72,80)(H2,67,69,73,81). The summed E-state index contributed by atoms with van der Waals surface area (Å²) in [5, 5.41) is 5.42. The van der Waals surface area contributed by atoms with Crippen LogP contribution in [0.15, 0.2) is 24.3 Å². The third-order valence-corrected chi connectivity index (χ3v) is 14.7. The van der Waals surface area contributed by atoms with Crippen molar-refractivity contribution >= 4 is 63.8 Å². The average Bonchev–Trinajstić information content (AvgIpc) is 3.48. The molecule has 82 heavy (non-hydrogen) atoms. The SMILES string of the molecule is CCCCCCCCOc1cc(C(=O)NC(=S)NNC(=S)NNC(=S)NC(=O)c2cc(OCCCCCCCC)c(OCCCCCCCC)c(OCCCCCCCC)c2)cc(OCCCCCCCC)c1OCCCCCCCC. The van der Waals surface area contributed by atoms with Crippen LogP contribution in [0.1, 0.15) is 293 Å². The molecule has 0 bridgehead atoms. The third-order valence-electron chi connectivity index (χ3n) is 14.1. The summed E-state index contributed by atoms with van der Waals surface area (Å²) in [6, 6.07) is 6.82. The second kappa shape index (κ2) is 51.1. The van der Waals surface area contributed by atoms with E-state index in [1.165, 1.54) is 128 Å². The van der Waals surface area contributed by atoms with Crippen LogP contribution in [0.5, 0.6) is 34.5 Å². The van der Waals surface area contributed by atoms with Gasteiger partial charge in [-0.2, -0.15) is 0 Å². The van der Waals surface area contributed by atoms with Crippen LogP contribution in [0.2, 0.25) is 0 Å². The van der Waals surface area contributed by atoms with Gasteiger partial charge in [-0.3, -0.25) is 41.9 Å². The molecule has 17 heteroatoms. The fourth-order valence-electron chi connectivity index (χ4n) is 9.17. The Morgan fingerprint density at radius 2 is 0.488 bits per heavy atom. The Labute approximate surface area is 513 Å². The predicted molar refractivity (Wildman–Crippen MR) is 351 cm³/mol. The Hall–Kier alpha value is -4.35. The lowest BCUT2D eigenvalue weighted by atomic mass is 10.1. The minimum Gasteiger partial charge on any atom is -0.490 e. The number of amides is 2. The van der Waals surface area contributed by atoms with Gasteiger partial charge in [0.15, 0.2) is 33.2 Å². The molecule has 0 unspecified atom stereocenters. The lowest BCUT2D eigenvalue weighted by Crippen LogP contribution is -2.56. The minimum absolute atomic E-state index is 0.0263. The van der Waals surface area contributed by atoms with Crippen molar-refractivity contribution in [3.8, 4) is 34.5 Å². The summed E-state index contributed by atoms with van der Waals surface area (Å²) in [5.74, 6) is 2.00. The fraction of sp³-hybridized carbons (Fsp3) is 0.738. The molecule has 0 aliphatic heterocycles. The monoisotopic (exact) mass is 1200 g/mol. The highest BCUT2D eigenvalue weighted by Gasteiger charge is 2.22. The van der Waals surface area contributed by atoms with Gasteiger partial charge in [0.05, 0.1) is 39.6 Å². The molecule has 0 heterocycles. The normalized spacial score (nSPS) is 10.9. The summed E-state index contributed by atoms with van der Waals surface area (Å²) in [4.78, 5) is 27.8. The maximum atomic E-state index is 13.9. The number of carbonyl (C=O) groups is 2. The molecular formula is C65H112N6O8S3. The van der Waals surface area contributed by atoms with Crippen molar-refractivity contribution < 1.29 is 38.0 Å².